The van der Waals surface area contributed by atoms with Gasteiger partial charge in [-0.25, -0.2) is 0 Å². The number of amides is 1. The van der Waals surface area contributed by atoms with Crippen LogP contribution >= 0.6 is 0 Å². The fraction of sp³-hybridized carbons (Fsp3) is 0.500. The van der Waals surface area contributed by atoms with Gasteiger partial charge in [0.05, 0.1) is 18.3 Å². The van der Waals surface area contributed by atoms with Gasteiger partial charge in [0.15, 0.2) is 0 Å². The minimum atomic E-state index is -0.743. The Bertz CT molecular complexity index is 769. The predicted molar refractivity (Wildman–Crippen MR) is 99.3 cm³/mol. The molecule has 1 amide bonds. The number of benzene rings is 1. The van der Waals surface area contributed by atoms with E-state index in [-0.39, 0.29) is 25.5 Å². The number of nitrogens with zero attached hydrogens (tertiary/aromatic N) is 4. The van der Waals surface area contributed by atoms with Crippen LogP contribution in [0.25, 0.3) is 11.4 Å². The Morgan fingerprint density at radius 3 is 2.71 bits per heavy atom. The number of β-amino-alcohol motifs (C(OH)–C–C–N with tert-alkyl or cyclic N) is 1. The van der Waals surface area contributed by atoms with E-state index in [9.17, 15) is 15.0 Å². The topological polar surface area (TPSA) is 153 Å². The molecule has 1 saturated heterocycles. The van der Waals surface area contributed by atoms with Crippen molar-refractivity contribution < 1.29 is 24.9 Å². The molecule has 0 unspecified atom stereocenters. The Labute approximate surface area is 162 Å². The molecule has 0 bridgehead atoms. The molecule has 1 fully saturated rings. The number of nitrogens with one attached hydrogen (secondary N) is 1. The number of hydrogen-bond acceptors (Lipinski definition) is 7. The molecule has 0 aliphatic carbocycles. The minimum absolute atomic E-state index is 0.0660. The Morgan fingerprint density at radius 1 is 1.43 bits per heavy atom. The average Bonchev–Trinajstić information content (AvgIpc) is 3.24. The zero-order valence-corrected chi connectivity index (χ0v) is 15.7. The highest BCUT2D eigenvalue weighted by molar-refractivity contribution is 6.00. The highest BCUT2D eigenvalue weighted by Crippen LogP contribution is 2.36. The third-order valence-electron chi connectivity index (χ3n) is 5.07. The van der Waals surface area contributed by atoms with Crippen molar-refractivity contribution in [1.82, 2.24) is 25.5 Å². The Balaban J connectivity index is 0.000000878. The molecule has 10 heteroatoms. The van der Waals surface area contributed by atoms with Gasteiger partial charge in [0.1, 0.15) is 0 Å². The average molecular weight is 391 g/mol. The summed E-state index contributed by atoms with van der Waals surface area (Å²) in [5.41, 5.74) is 0.560. The van der Waals surface area contributed by atoms with E-state index in [1.54, 1.807) is 23.1 Å². The van der Waals surface area contributed by atoms with Crippen LogP contribution in [0.4, 0.5) is 0 Å². The van der Waals surface area contributed by atoms with Gasteiger partial charge in [0.25, 0.3) is 12.4 Å². The lowest BCUT2D eigenvalue weighted by Gasteiger charge is -2.44. The maximum atomic E-state index is 13.0. The van der Waals surface area contributed by atoms with E-state index in [2.05, 4.69) is 20.6 Å². The van der Waals surface area contributed by atoms with E-state index in [0.717, 1.165) is 12.8 Å². The van der Waals surface area contributed by atoms with Gasteiger partial charge < -0.3 is 20.2 Å². The second-order valence-corrected chi connectivity index (χ2v) is 6.67. The molecular formula is C18H25N5O5. The molecule has 3 rings (SSSR count). The molecule has 2 heterocycles. The smallest absolute Gasteiger partial charge is 0.290 e. The number of aliphatic hydroxyl groups is 2. The van der Waals surface area contributed by atoms with Crippen LogP contribution in [0.5, 0.6) is 0 Å². The molecule has 10 nitrogen and oxygen atoms in total. The molecule has 1 aromatic heterocycles. The molecule has 0 spiro atoms. The summed E-state index contributed by atoms with van der Waals surface area (Å²) in [6, 6.07) is 7.09. The minimum Gasteiger partial charge on any atom is -0.483 e. The number of carbonyl (C=O) groups is 2. The number of aromatic amines is 1. The molecule has 0 radical (unpaired) electrons. The summed E-state index contributed by atoms with van der Waals surface area (Å²) in [4.78, 5) is 23.0. The fourth-order valence-corrected chi connectivity index (χ4v) is 3.57. The van der Waals surface area contributed by atoms with Crippen LogP contribution in [0, 0.1) is 5.41 Å². The van der Waals surface area contributed by atoms with Gasteiger partial charge in [-0.05, 0) is 24.1 Å². The summed E-state index contributed by atoms with van der Waals surface area (Å²) in [6.45, 7) is 2.42. The molecule has 152 valence electrons. The Morgan fingerprint density at radius 2 is 2.14 bits per heavy atom. The largest absolute Gasteiger partial charge is 0.483 e. The lowest BCUT2D eigenvalue weighted by molar-refractivity contribution is -0.122. The van der Waals surface area contributed by atoms with Crippen molar-refractivity contribution in [2.75, 3.05) is 19.7 Å². The number of H-pyrrole nitrogens is 1. The van der Waals surface area contributed by atoms with Crippen molar-refractivity contribution in [3.63, 3.8) is 0 Å². The highest BCUT2D eigenvalue weighted by Gasteiger charge is 2.42. The zero-order valence-electron chi connectivity index (χ0n) is 15.7. The van der Waals surface area contributed by atoms with Crippen LogP contribution in [0.1, 0.15) is 36.5 Å². The quantitative estimate of drug-likeness (QED) is 0.539. The first kappa shape index (κ1) is 21.5. The number of rotatable bonds is 5. The first-order valence-corrected chi connectivity index (χ1v) is 9.01. The third kappa shape index (κ3) is 4.52. The van der Waals surface area contributed by atoms with Gasteiger partial charge in [-0.2, -0.15) is 5.21 Å². The van der Waals surface area contributed by atoms with Gasteiger partial charge in [-0.15, -0.1) is 10.2 Å². The number of carboxylic acid groups (broad SMARTS) is 1. The number of likely N-dealkylation sites (tertiary alicyclic amines) is 1. The molecule has 0 saturated carbocycles. The van der Waals surface area contributed by atoms with E-state index in [1.807, 2.05) is 13.0 Å². The molecular weight excluding hydrogens is 366 g/mol. The van der Waals surface area contributed by atoms with E-state index in [0.29, 0.717) is 29.9 Å². The number of aliphatic hydroxyl groups excluding tert-OH is 2. The highest BCUT2D eigenvalue weighted by atomic mass is 16.3. The van der Waals surface area contributed by atoms with Crippen LogP contribution in [-0.2, 0) is 4.79 Å². The van der Waals surface area contributed by atoms with Gasteiger partial charge >= 0.3 is 0 Å². The van der Waals surface area contributed by atoms with Gasteiger partial charge in [0, 0.05) is 24.1 Å². The third-order valence-corrected chi connectivity index (χ3v) is 5.07. The summed E-state index contributed by atoms with van der Waals surface area (Å²) in [5.74, 6) is 0.180. The van der Waals surface area contributed by atoms with Crippen LogP contribution in [-0.4, -0.2) is 79.0 Å². The second-order valence-electron chi connectivity index (χ2n) is 6.67. The van der Waals surface area contributed by atoms with Crippen LogP contribution in [0.3, 0.4) is 0 Å². The predicted octanol–water partition coefficient (Wildman–Crippen LogP) is 0.553. The normalized spacial score (nSPS) is 21.5. The van der Waals surface area contributed by atoms with Crippen molar-refractivity contribution in [2.45, 2.75) is 32.3 Å². The van der Waals surface area contributed by atoms with Crippen LogP contribution in [0.2, 0.25) is 0 Å². The monoisotopic (exact) mass is 391 g/mol. The number of tetrazole rings is 1. The summed E-state index contributed by atoms with van der Waals surface area (Å²) >= 11 is 0. The van der Waals surface area contributed by atoms with Crippen molar-refractivity contribution in [1.29, 1.82) is 0 Å². The Hall–Kier alpha value is -2.85. The van der Waals surface area contributed by atoms with Crippen LogP contribution in [0.15, 0.2) is 24.3 Å². The van der Waals surface area contributed by atoms with E-state index in [1.165, 1.54) is 0 Å². The molecule has 2 aromatic rings. The lowest BCUT2D eigenvalue weighted by atomic mass is 9.73. The number of piperidine rings is 1. The standard InChI is InChI=1S/C17H23N5O3.CH2O2/c1-2-7-17(11-23)8-9-22(10-14(17)24)16(25)13-6-4-3-5-12(13)15-18-20-21-19-15;2-1-3/h3-6,14,23-24H,2,7-11H2,1H3,(H,18,19,20,21);1H,(H,2,3)/t14-,17+;/m0./s1. The van der Waals surface area contributed by atoms with Crippen LogP contribution < -0.4 is 0 Å². The van der Waals surface area contributed by atoms with Gasteiger partial charge in [0.2, 0.25) is 5.82 Å². The first-order valence-electron chi connectivity index (χ1n) is 9.01. The summed E-state index contributed by atoms with van der Waals surface area (Å²) in [6.07, 6.45) is 1.46. The van der Waals surface area contributed by atoms with E-state index < -0.39 is 11.5 Å². The Kier molecular flexibility index (Phi) is 7.59. The summed E-state index contributed by atoms with van der Waals surface area (Å²) in [5, 5.41) is 41.1. The SMILES string of the molecule is CCC[C@]1(CO)CCN(C(=O)c2ccccc2-c2nn[nH]n2)C[C@@H]1O.O=CO. The summed E-state index contributed by atoms with van der Waals surface area (Å²) in [7, 11) is 0. The van der Waals surface area contributed by atoms with Crippen molar-refractivity contribution >= 4 is 12.4 Å². The van der Waals surface area contributed by atoms with Crippen molar-refractivity contribution in [2.24, 2.45) is 5.41 Å². The van der Waals surface area contributed by atoms with Gasteiger partial charge in [-0.3, -0.25) is 9.59 Å². The molecule has 28 heavy (non-hydrogen) atoms. The molecule has 1 aliphatic heterocycles. The number of aromatic nitrogens is 4. The van der Waals surface area contributed by atoms with E-state index >= 15 is 0 Å². The van der Waals surface area contributed by atoms with E-state index in [4.69, 9.17) is 9.90 Å². The maximum Gasteiger partial charge on any atom is 0.290 e. The number of carbonyl (C=O) groups excluding carboxylic acids is 1. The fourth-order valence-electron chi connectivity index (χ4n) is 3.57. The molecule has 4 N–H and O–H groups in total. The van der Waals surface area contributed by atoms with Gasteiger partial charge in [-0.1, -0.05) is 31.5 Å². The zero-order chi connectivity index (χ0) is 20.6. The maximum absolute atomic E-state index is 13.0. The summed E-state index contributed by atoms with van der Waals surface area (Å²) < 4.78 is 0. The molecule has 1 aromatic carbocycles. The lowest BCUT2D eigenvalue weighted by Crippen LogP contribution is -2.54. The molecule has 1 aliphatic rings. The van der Waals surface area contributed by atoms with Crippen molar-refractivity contribution in [3.05, 3.63) is 29.8 Å². The second kappa shape index (κ2) is 9.90. The number of hydrogen-bond donors (Lipinski definition) is 4. The first-order chi connectivity index (χ1) is 13.5. The van der Waals surface area contributed by atoms with Crippen molar-refractivity contribution in [3.8, 4) is 11.4 Å². The molecule has 2 atom stereocenters.